The van der Waals surface area contributed by atoms with Crippen molar-refractivity contribution in [2.45, 2.75) is 26.3 Å². The summed E-state index contributed by atoms with van der Waals surface area (Å²) in [6.45, 7) is 4.32. The van der Waals surface area contributed by atoms with E-state index < -0.39 is 0 Å². The van der Waals surface area contributed by atoms with Gasteiger partial charge in [-0.15, -0.1) is 0 Å². The standard InChI is InChI=1S/C24H27N5/c1-3-4-14-28(2)17-18-8-10-19(11-9-18)22-16-27-29-23(12-13-26-24(22)29)20-6-5-7-21(25)15-20/h5-13,15-16H,3-4,14,17,25H2,1-2H3. The molecule has 0 amide bonds. The van der Waals surface area contributed by atoms with Crippen LogP contribution in [0.2, 0.25) is 0 Å². The quantitative estimate of drug-likeness (QED) is 0.461. The number of benzene rings is 2. The van der Waals surface area contributed by atoms with Gasteiger partial charge in [0.2, 0.25) is 0 Å². The molecule has 4 rings (SSSR count). The number of fused-ring (bicyclic) bond motifs is 1. The molecule has 0 unspecified atom stereocenters. The van der Waals surface area contributed by atoms with Crippen molar-refractivity contribution < 1.29 is 0 Å². The summed E-state index contributed by atoms with van der Waals surface area (Å²) in [7, 11) is 2.18. The van der Waals surface area contributed by atoms with Gasteiger partial charge in [-0.05, 0) is 49.3 Å². The molecule has 2 heterocycles. The molecule has 5 heteroatoms. The van der Waals surface area contributed by atoms with Crippen LogP contribution in [0.3, 0.4) is 0 Å². The zero-order chi connectivity index (χ0) is 20.2. The summed E-state index contributed by atoms with van der Waals surface area (Å²) in [4.78, 5) is 6.96. The fourth-order valence-electron chi connectivity index (χ4n) is 3.62. The van der Waals surface area contributed by atoms with Gasteiger partial charge in [-0.25, -0.2) is 9.50 Å². The van der Waals surface area contributed by atoms with Crippen LogP contribution in [0.5, 0.6) is 0 Å². The van der Waals surface area contributed by atoms with Crippen molar-refractivity contribution in [3.8, 4) is 22.4 Å². The zero-order valence-electron chi connectivity index (χ0n) is 17.0. The van der Waals surface area contributed by atoms with E-state index in [-0.39, 0.29) is 0 Å². The topological polar surface area (TPSA) is 59.5 Å². The fourth-order valence-corrected chi connectivity index (χ4v) is 3.62. The van der Waals surface area contributed by atoms with Crippen LogP contribution < -0.4 is 5.73 Å². The summed E-state index contributed by atoms with van der Waals surface area (Å²) in [5.74, 6) is 0. The number of hydrogen-bond acceptors (Lipinski definition) is 4. The van der Waals surface area contributed by atoms with Crippen LogP contribution in [0.4, 0.5) is 5.69 Å². The normalized spacial score (nSPS) is 11.4. The van der Waals surface area contributed by atoms with Gasteiger partial charge in [-0.2, -0.15) is 5.10 Å². The Morgan fingerprint density at radius 3 is 2.62 bits per heavy atom. The summed E-state index contributed by atoms with van der Waals surface area (Å²) in [5.41, 5.74) is 13.0. The first kappa shape index (κ1) is 19.2. The number of nitrogens with zero attached hydrogens (tertiary/aromatic N) is 4. The molecule has 29 heavy (non-hydrogen) atoms. The highest BCUT2D eigenvalue weighted by Gasteiger charge is 2.12. The van der Waals surface area contributed by atoms with E-state index in [4.69, 9.17) is 5.73 Å². The largest absolute Gasteiger partial charge is 0.399 e. The number of nitrogen functional groups attached to an aromatic ring is 1. The molecule has 0 radical (unpaired) electrons. The minimum absolute atomic E-state index is 0.735. The van der Waals surface area contributed by atoms with Crippen LogP contribution in [-0.4, -0.2) is 33.1 Å². The molecule has 0 spiro atoms. The Balaban J connectivity index is 1.63. The van der Waals surface area contributed by atoms with Gasteiger partial charge in [0, 0.05) is 29.6 Å². The lowest BCUT2D eigenvalue weighted by atomic mass is 10.1. The highest BCUT2D eigenvalue weighted by Crippen LogP contribution is 2.28. The minimum Gasteiger partial charge on any atom is -0.399 e. The SMILES string of the molecule is CCCCN(C)Cc1ccc(-c2cnn3c(-c4cccc(N)c4)ccnc23)cc1. The number of nitrogens with two attached hydrogens (primary N) is 1. The molecule has 0 saturated carbocycles. The Morgan fingerprint density at radius 1 is 1.03 bits per heavy atom. The van der Waals surface area contributed by atoms with Gasteiger partial charge in [0.05, 0.1) is 11.9 Å². The second-order valence-corrected chi connectivity index (χ2v) is 7.54. The van der Waals surface area contributed by atoms with Gasteiger partial charge >= 0.3 is 0 Å². The molecule has 0 aliphatic rings. The van der Waals surface area contributed by atoms with Crippen molar-refractivity contribution >= 4 is 11.3 Å². The Bertz CT molecular complexity index is 1100. The van der Waals surface area contributed by atoms with Crippen molar-refractivity contribution in [2.75, 3.05) is 19.3 Å². The molecule has 0 saturated heterocycles. The molecule has 0 aliphatic heterocycles. The average molecular weight is 386 g/mol. The van der Waals surface area contributed by atoms with E-state index in [1.807, 2.05) is 47.2 Å². The lowest BCUT2D eigenvalue weighted by Crippen LogP contribution is -2.18. The van der Waals surface area contributed by atoms with Crippen molar-refractivity contribution in [3.05, 3.63) is 72.6 Å². The third-order valence-corrected chi connectivity index (χ3v) is 5.19. The molecule has 4 aromatic rings. The second-order valence-electron chi connectivity index (χ2n) is 7.54. The highest BCUT2D eigenvalue weighted by molar-refractivity contribution is 5.79. The summed E-state index contributed by atoms with van der Waals surface area (Å²) >= 11 is 0. The van der Waals surface area contributed by atoms with Crippen LogP contribution in [0, 0.1) is 0 Å². The van der Waals surface area contributed by atoms with Gasteiger partial charge in [0.25, 0.3) is 0 Å². The number of unbranched alkanes of at least 4 members (excludes halogenated alkanes) is 1. The lowest BCUT2D eigenvalue weighted by Gasteiger charge is -2.16. The molecule has 0 fully saturated rings. The molecule has 2 aromatic carbocycles. The van der Waals surface area contributed by atoms with Gasteiger partial charge in [-0.3, -0.25) is 0 Å². The first-order valence-electron chi connectivity index (χ1n) is 10.1. The fraction of sp³-hybridized carbons (Fsp3) is 0.250. The van der Waals surface area contributed by atoms with E-state index in [9.17, 15) is 0 Å². The van der Waals surface area contributed by atoms with E-state index in [0.29, 0.717) is 0 Å². The molecule has 2 N–H and O–H groups in total. The number of anilines is 1. The van der Waals surface area contributed by atoms with Gasteiger partial charge in [-0.1, -0.05) is 49.7 Å². The molecule has 5 nitrogen and oxygen atoms in total. The minimum atomic E-state index is 0.735. The monoisotopic (exact) mass is 385 g/mol. The second kappa shape index (κ2) is 8.45. The first-order valence-corrected chi connectivity index (χ1v) is 10.1. The predicted octanol–water partition coefficient (Wildman–Crippen LogP) is 4.88. The third-order valence-electron chi connectivity index (χ3n) is 5.19. The molecular weight excluding hydrogens is 358 g/mol. The maximum absolute atomic E-state index is 5.96. The average Bonchev–Trinajstić information content (AvgIpc) is 3.17. The lowest BCUT2D eigenvalue weighted by molar-refractivity contribution is 0.321. The van der Waals surface area contributed by atoms with E-state index in [0.717, 1.165) is 46.8 Å². The van der Waals surface area contributed by atoms with Crippen LogP contribution >= 0.6 is 0 Å². The number of hydrogen-bond donors (Lipinski definition) is 1. The summed E-state index contributed by atoms with van der Waals surface area (Å²) in [5, 5.41) is 4.61. The zero-order valence-corrected chi connectivity index (χ0v) is 17.0. The Kier molecular flexibility index (Phi) is 5.58. The van der Waals surface area contributed by atoms with Gasteiger partial charge in [0.15, 0.2) is 5.65 Å². The van der Waals surface area contributed by atoms with E-state index in [1.54, 1.807) is 0 Å². The molecule has 0 aliphatic carbocycles. The van der Waals surface area contributed by atoms with E-state index in [2.05, 4.69) is 53.2 Å². The van der Waals surface area contributed by atoms with E-state index >= 15 is 0 Å². The van der Waals surface area contributed by atoms with Crippen molar-refractivity contribution in [1.29, 1.82) is 0 Å². The van der Waals surface area contributed by atoms with Crippen molar-refractivity contribution in [1.82, 2.24) is 19.5 Å². The van der Waals surface area contributed by atoms with Crippen molar-refractivity contribution in [3.63, 3.8) is 0 Å². The predicted molar refractivity (Wildman–Crippen MR) is 120 cm³/mol. The Labute approximate surface area is 171 Å². The van der Waals surface area contributed by atoms with E-state index in [1.165, 1.54) is 18.4 Å². The third kappa shape index (κ3) is 4.15. The van der Waals surface area contributed by atoms with Crippen LogP contribution in [0.1, 0.15) is 25.3 Å². The smallest absolute Gasteiger partial charge is 0.163 e. The Morgan fingerprint density at radius 2 is 1.86 bits per heavy atom. The maximum atomic E-state index is 5.96. The van der Waals surface area contributed by atoms with Crippen LogP contribution in [0.25, 0.3) is 28.0 Å². The van der Waals surface area contributed by atoms with Gasteiger partial charge < -0.3 is 10.6 Å². The van der Waals surface area contributed by atoms with Gasteiger partial charge in [0.1, 0.15) is 0 Å². The number of rotatable bonds is 7. The van der Waals surface area contributed by atoms with Crippen LogP contribution in [-0.2, 0) is 6.54 Å². The molecular formula is C24H27N5. The molecule has 2 aromatic heterocycles. The molecule has 0 atom stereocenters. The highest BCUT2D eigenvalue weighted by atomic mass is 15.3. The van der Waals surface area contributed by atoms with Crippen LogP contribution in [0.15, 0.2) is 67.0 Å². The summed E-state index contributed by atoms with van der Waals surface area (Å²) in [6.07, 6.45) is 6.18. The molecule has 148 valence electrons. The Hall–Kier alpha value is -3.18. The number of aromatic nitrogens is 3. The first-order chi connectivity index (χ1) is 14.2. The van der Waals surface area contributed by atoms with Crippen molar-refractivity contribution in [2.24, 2.45) is 0 Å². The molecule has 0 bridgehead atoms. The summed E-state index contributed by atoms with van der Waals surface area (Å²) < 4.78 is 1.89. The maximum Gasteiger partial charge on any atom is 0.163 e. The summed E-state index contributed by atoms with van der Waals surface area (Å²) in [6, 6.07) is 18.5.